The maximum absolute atomic E-state index is 14.0. The van der Waals surface area contributed by atoms with Gasteiger partial charge in [0.15, 0.2) is 0 Å². The fraction of sp³-hybridized carbons (Fsp3) is 0.308. The molecule has 2 atom stereocenters. The van der Waals surface area contributed by atoms with Gasteiger partial charge in [0.25, 0.3) is 5.91 Å². The number of hydrogen-bond donors (Lipinski definition) is 1. The number of rotatable bonds is 5. The van der Waals surface area contributed by atoms with Crippen molar-refractivity contribution in [1.82, 2.24) is 14.7 Å². The van der Waals surface area contributed by atoms with E-state index in [9.17, 15) is 4.79 Å². The molecule has 1 aromatic heterocycles. The molecule has 0 radical (unpaired) electrons. The zero-order valence-corrected chi connectivity index (χ0v) is 20.0. The first-order valence-corrected chi connectivity index (χ1v) is 12.1. The lowest BCUT2D eigenvalue weighted by molar-refractivity contribution is -0.128. The van der Waals surface area contributed by atoms with E-state index in [4.69, 9.17) is 23.2 Å². The molecule has 33 heavy (non-hydrogen) atoms. The Hall–Kier alpha value is -2.76. The van der Waals surface area contributed by atoms with E-state index in [0.717, 1.165) is 49.3 Å². The number of aromatic nitrogens is 2. The Kier molecular flexibility index (Phi) is 6.17. The highest BCUT2D eigenvalue weighted by atomic mass is 35.5. The van der Waals surface area contributed by atoms with Crippen molar-refractivity contribution in [1.29, 1.82) is 0 Å². The number of carbonyl (C=O) groups excluding carboxylic acids is 1. The third kappa shape index (κ3) is 4.28. The minimum absolute atomic E-state index is 0.0628. The molecule has 0 bridgehead atoms. The van der Waals surface area contributed by atoms with Crippen LogP contribution in [0.3, 0.4) is 0 Å². The van der Waals surface area contributed by atoms with Gasteiger partial charge in [0.05, 0.1) is 21.8 Å². The first-order chi connectivity index (χ1) is 16.0. The summed E-state index contributed by atoms with van der Waals surface area (Å²) in [4.78, 5) is 16.1. The number of likely N-dealkylation sites (tertiary alicyclic amines) is 1. The van der Waals surface area contributed by atoms with Gasteiger partial charge in [-0.3, -0.25) is 4.79 Å². The summed E-state index contributed by atoms with van der Waals surface area (Å²) in [6.45, 7) is 2.73. The largest absolute Gasteiger partial charge is 0.344 e. The Morgan fingerprint density at radius 1 is 1.12 bits per heavy atom. The van der Waals surface area contributed by atoms with Crippen molar-refractivity contribution in [3.05, 3.63) is 93.2 Å². The van der Waals surface area contributed by atoms with Crippen molar-refractivity contribution in [2.45, 2.75) is 44.7 Å². The van der Waals surface area contributed by atoms with Gasteiger partial charge >= 0.3 is 0 Å². The number of benzene rings is 2. The van der Waals surface area contributed by atoms with E-state index in [1.165, 1.54) is 5.56 Å². The quantitative estimate of drug-likeness (QED) is 0.479. The van der Waals surface area contributed by atoms with E-state index in [1.54, 1.807) is 12.3 Å². The van der Waals surface area contributed by atoms with Crippen molar-refractivity contribution in [2.75, 3.05) is 11.9 Å². The monoisotopic (exact) mass is 480 g/mol. The molecule has 5 nitrogen and oxygen atoms in total. The lowest BCUT2D eigenvalue weighted by atomic mass is 9.93. The van der Waals surface area contributed by atoms with Gasteiger partial charge in [0, 0.05) is 24.4 Å². The molecule has 1 N–H and O–H groups in total. The lowest BCUT2D eigenvalue weighted by Crippen LogP contribution is -2.41. The molecule has 5 rings (SSSR count). The number of allylic oxidation sites excluding steroid dienone is 1. The van der Waals surface area contributed by atoms with Crippen molar-refractivity contribution in [2.24, 2.45) is 0 Å². The van der Waals surface area contributed by atoms with Gasteiger partial charge < -0.3 is 10.2 Å². The molecule has 2 unspecified atom stereocenters. The molecule has 0 spiro atoms. The van der Waals surface area contributed by atoms with Gasteiger partial charge in [-0.2, -0.15) is 5.10 Å². The predicted molar refractivity (Wildman–Crippen MR) is 133 cm³/mol. The number of carbonyl (C=O) groups is 1. The highest BCUT2D eigenvalue weighted by Gasteiger charge is 2.38. The fourth-order valence-electron chi connectivity index (χ4n) is 5.01. The van der Waals surface area contributed by atoms with Crippen LogP contribution in [0.25, 0.3) is 0 Å². The number of aryl methyl sites for hydroxylation is 1. The molecule has 7 heteroatoms. The molecule has 0 saturated carbocycles. The second-order valence-electron chi connectivity index (χ2n) is 8.72. The minimum atomic E-state index is -0.367. The summed E-state index contributed by atoms with van der Waals surface area (Å²) in [5.74, 6) is 0.912. The summed E-state index contributed by atoms with van der Waals surface area (Å²) in [5, 5.41) is 8.85. The van der Waals surface area contributed by atoms with E-state index in [1.807, 2.05) is 35.9 Å². The van der Waals surface area contributed by atoms with Gasteiger partial charge in [-0.15, -0.1) is 0 Å². The fourth-order valence-corrected chi connectivity index (χ4v) is 5.32. The number of hydrogen-bond acceptors (Lipinski definition) is 3. The highest BCUT2D eigenvalue weighted by Crippen LogP contribution is 2.39. The Morgan fingerprint density at radius 2 is 1.94 bits per heavy atom. The average molecular weight is 481 g/mol. The maximum Gasteiger partial charge on any atom is 0.254 e. The van der Waals surface area contributed by atoms with E-state index in [0.29, 0.717) is 15.6 Å². The SMILES string of the molecule is CC1=C(C(=O)N2CCCC2CCc2ccccc2)C(c2ccc(Cl)c(Cl)c2)n2nccc2N1. The summed E-state index contributed by atoms with van der Waals surface area (Å²) < 4.78 is 1.86. The second-order valence-corrected chi connectivity index (χ2v) is 9.53. The first kappa shape index (κ1) is 22.1. The lowest BCUT2D eigenvalue weighted by Gasteiger charge is -2.34. The van der Waals surface area contributed by atoms with E-state index >= 15 is 0 Å². The molecule has 3 aromatic rings. The normalized spacial score (nSPS) is 20.0. The zero-order valence-electron chi connectivity index (χ0n) is 18.5. The average Bonchev–Trinajstić information content (AvgIpc) is 3.48. The zero-order chi connectivity index (χ0) is 22.9. The van der Waals surface area contributed by atoms with Gasteiger partial charge in [-0.25, -0.2) is 4.68 Å². The molecular weight excluding hydrogens is 455 g/mol. The minimum Gasteiger partial charge on any atom is -0.344 e. The Labute approximate surface area is 204 Å². The second kappa shape index (κ2) is 9.24. The van der Waals surface area contributed by atoms with E-state index in [2.05, 4.69) is 39.6 Å². The number of halogens is 2. The number of anilines is 1. The third-order valence-corrected chi connectivity index (χ3v) is 7.38. The molecular formula is C26H26Cl2N4O. The number of amides is 1. The first-order valence-electron chi connectivity index (χ1n) is 11.3. The molecule has 1 amide bonds. The van der Waals surface area contributed by atoms with Gasteiger partial charge in [-0.05, 0) is 55.9 Å². The number of nitrogens with zero attached hydrogens (tertiary/aromatic N) is 3. The summed E-state index contributed by atoms with van der Waals surface area (Å²) in [6.07, 6.45) is 5.72. The Morgan fingerprint density at radius 3 is 2.73 bits per heavy atom. The number of fused-ring (bicyclic) bond motifs is 1. The van der Waals surface area contributed by atoms with Crippen LogP contribution in [0.1, 0.15) is 43.4 Å². The Bertz CT molecular complexity index is 1200. The number of nitrogens with one attached hydrogen (secondary N) is 1. The molecule has 2 aromatic carbocycles. The van der Waals surface area contributed by atoms with Gasteiger partial charge in [0.1, 0.15) is 11.9 Å². The van der Waals surface area contributed by atoms with Crippen LogP contribution in [-0.2, 0) is 11.2 Å². The van der Waals surface area contributed by atoms with Crippen molar-refractivity contribution in [3.63, 3.8) is 0 Å². The molecule has 3 heterocycles. The standard InChI is InChI=1S/C26H26Cl2N4O/c1-17-24(26(33)31-15-5-8-20(31)11-9-18-6-3-2-4-7-18)25(32-23(30-17)13-14-29-32)19-10-12-21(27)22(28)16-19/h2-4,6-7,10,12-14,16,20,25,30H,5,8-9,11,15H2,1H3. The van der Waals surface area contributed by atoms with Gasteiger partial charge in [-0.1, -0.05) is 59.6 Å². The summed E-state index contributed by atoms with van der Waals surface area (Å²) in [5.41, 5.74) is 3.74. The topological polar surface area (TPSA) is 50.2 Å². The molecule has 0 aliphatic carbocycles. The summed E-state index contributed by atoms with van der Waals surface area (Å²) >= 11 is 12.5. The van der Waals surface area contributed by atoms with Crippen LogP contribution >= 0.6 is 23.2 Å². The van der Waals surface area contributed by atoms with Crippen molar-refractivity contribution >= 4 is 34.9 Å². The maximum atomic E-state index is 14.0. The van der Waals surface area contributed by atoms with Crippen molar-refractivity contribution in [3.8, 4) is 0 Å². The highest BCUT2D eigenvalue weighted by molar-refractivity contribution is 6.42. The molecule has 2 aliphatic rings. The smallest absolute Gasteiger partial charge is 0.254 e. The molecule has 170 valence electrons. The van der Waals surface area contributed by atoms with E-state index in [-0.39, 0.29) is 18.0 Å². The summed E-state index contributed by atoms with van der Waals surface area (Å²) in [7, 11) is 0. The van der Waals surface area contributed by atoms with Gasteiger partial charge in [0.2, 0.25) is 0 Å². The molecule has 1 fully saturated rings. The summed E-state index contributed by atoms with van der Waals surface area (Å²) in [6, 6.07) is 17.8. The van der Waals surface area contributed by atoms with Crippen LogP contribution < -0.4 is 5.32 Å². The molecule has 2 aliphatic heterocycles. The van der Waals surface area contributed by atoms with Crippen molar-refractivity contribution < 1.29 is 4.79 Å². The van der Waals surface area contributed by atoms with Crippen LogP contribution in [0.2, 0.25) is 10.0 Å². The van der Waals surface area contributed by atoms with Crippen LogP contribution in [0.5, 0.6) is 0 Å². The third-order valence-electron chi connectivity index (χ3n) is 6.64. The van der Waals surface area contributed by atoms with Crippen LogP contribution in [-0.4, -0.2) is 33.2 Å². The molecule has 1 saturated heterocycles. The van der Waals surface area contributed by atoms with Crippen LogP contribution in [0.15, 0.2) is 72.1 Å². The van der Waals surface area contributed by atoms with Crippen LogP contribution in [0.4, 0.5) is 5.82 Å². The predicted octanol–water partition coefficient (Wildman–Crippen LogP) is 6.10. The van der Waals surface area contributed by atoms with E-state index < -0.39 is 0 Å². The Balaban J connectivity index is 1.46. The van der Waals surface area contributed by atoms with Crippen LogP contribution in [0, 0.1) is 0 Å².